The lowest BCUT2D eigenvalue weighted by molar-refractivity contribution is 0.476. The molecule has 4 heteroatoms. The van der Waals surface area contributed by atoms with Crippen LogP contribution in [0.5, 0.6) is 5.75 Å². The lowest BCUT2D eigenvalue weighted by Crippen LogP contribution is -2.11. The molecule has 0 aliphatic rings. The fourth-order valence-corrected chi connectivity index (χ4v) is 1.81. The average molecular weight is 231 g/mol. The number of anilines is 1. The molecule has 4 N–H and O–H groups in total. The van der Waals surface area contributed by atoms with E-state index >= 15 is 0 Å². The Morgan fingerprint density at radius 3 is 2.76 bits per heavy atom. The summed E-state index contributed by atoms with van der Waals surface area (Å²) in [5, 5.41) is 13.8. The first-order valence-corrected chi connectivity index (χ1v) is 5.69. The smallest absolute Gasteiger partial charge is 0.117 e. The summed E-state index contributed by atoms with van der Waals surface area (Å²) >= 11 is 0. The van der Waals surface area contributed by atoms with Crippen molar-refractivity contribution < 1.29 is 5.11 Å². The van der Waals surface area contributed by atoms with Gasteiger partial charge in [-0.25, -0.2) is 0 Å². The zero-order valence-corrected chi connectivity index (χ0v) is 10.1. The molecule has 0 bridgehead atoms. The third kappa shape index (κ3) is 2.47. The average Bonchev–Trinajstić information content (AvgIpc) is 2.27. The van der Waals surface area contributed by atoms with Crippen LogP contribution in [0, 0.1) is 0 Å². The fraction of sp³-hybridized carbons (Fsp3) is 0.308. The monoisotopic (exact) mass is 231 g/mol. The largest absolute Gasteiger partial charge is 0.508 e. The van der Waals surface area contributed by atoms with Gasteiger partial charge in [0.05, 0.1) is 11.2 Å². The van der Waals surface area contributed by atoms with Crippen LogP contribution >= 0.6 is 0 Å². The molecule has 0 saturated heterocycles. The molecule has 90 valence electrons. The molecule has 1 aromatic carbocycles. The van der Waals surface area contributed by atoms with Crippen molar-refractivity contribution in [3.05, 3.63) is 30.0 Å². The molecule has 1 heterocycles. The SMILES string of the molecule is CC(C)Nc1cc(CN)nc2cc(O)ccc12. The van der Waals surface area contributed by atoms with E-state index < -0.39 is 0 Å². The number of pyridine rings is 1. The van der Waals surface area contributed by atoms with E-state index in [-0.39, 0.29) is 5.75 Å². The first kappa shape index (κ1) is 11.7. The molecule has 0 amide bonds. The molecular formula is C13H17N3O. The van der Waals surface area contributed by atoms with Gasteiger partial charge in [0.25, 0.3) is 0 Å². The number of rotatable bonds is 3. The van der Waals surface area contributed by atoms with E-state index in [9.17, 15) is 5.11 Å². The molecule has 17 heavy (non-hydrogen) atoms. The lowest BCUT2D eigenvalue weighted by Gasteiger charge is -2.14. The van der Waals surface area contributed by atoms with Crippen LogP contribution in [0.1, 0.15) is 19.5 Å². The molecule has 0 aliphatic heterocycles. The number of nitrogens with two attached hydrogens (primary N) is 1. The van der Waals surface area contributed by atoms with Gasteiger partial charge in [-0.1, -0.05) is 0 Å². The summed E-state index contributed by atoms with van der Waals surface area (Å²) in [5.74, 6) is 0.217. The highest BCUT2D eigenvalue weighted by atomic mass is 16.3. The van der Waals surface area contributed by atoms with E-state index in [0.29, 0.717) is 12.6 Å². The lowest BCUT2D eigenvalue weighted by atomic mass is 10.1. The summed E-state index contributed by atoms with van der Waals surface area (Å²) in [6.45, 7) is 4.54. The Hall–Kier alpha value is -1.81. The van der Waals surface area contributed by atoms with Crippen molar-refractivity contribution in [2.75, 3.05) is 5.32 Å². The van der Waals surface area contributed by atoms with Crippen molar-refractivity contribution >= 4 is 16.6 Å². The Labute approximate surface area is 100 Å². The molecule has 0 radical (unpaired) electrons. The van der Waals surface area contributed by atoms with Crippen LogP contribution in [0.15, 0.2) is 24.3 Å². The number of phenolic OH excluding ortho intramolecular Hbond substituents is 1. The minimum atomic E-state index is 0.217. The minimum Gasteiger partial charge on any atom is -0.508 e. The number of hydrogen-bond acceptors (Lipinski definition) is 4. The first-order valence-electron chi connectivity index (χ1n) is 5.69. The number of benzene rings is 1. The van der Waals surface area contributed by atoms with Crippen molar-refractivity contribution in [3.63, 3.8) is 0 Å². The predicted octanol–water partition coefficient (Wildman–Crippen LogP) is 2.22. The summed E-state index contributed by atoms with van der Waals surface area (Å²) in [5.41, 5.74) is 8.20. The third-order valence-corrected chi connectivity index (χ3v) is 2.50. The van der Waals surface area contributed by atoms with E-state index in [4.69, 9.17) is 5.73 Å². The fourth-order valence-electron chi connectivity index (χ4n) is 1.81. The van der Waals surface area contributed by atoms with Gasteiger partial charge < -0.3 is 16.2 Å². The predicted molar refractivity (Wildman–Crippen MR) is 70.1 cm³/mol. The number of fused-ring (bicyclic) bond motifs is 1. The van der Waals surface area contributed by atoms with E-state index in [2.05, 4.69) is 24.1 Å². The summed E-state index contributed by atoms with van der Waals surface area (Å²) in [4.78, 5) is 4.40. The number of hydrogen-bond donors (Lipinski definition) is 3. The summed E-state index contributed by atoms with van der Waals surface area (Å²) < 4.78 is 0. The molecule has 0 fully saturated rings. The van der Waals surface area contributed by atoms with Gasteiger partial charge in [-0.05, 0) is 32.0 Å². The highest BCUT2D eigenvalue weighted by Crippen LogP contribution is 2.26. The second-order valence-corrected chi connectivity index (χ2v) is 4.37. The second-order valence-electron chi connectivity index (χ2n) is 4.37. The Balaban J connectivity index is 2.62. The van der Waals surface area contributed by atoms with Crippen molar-refractivity contribution in [1.29, 1.82) is 0 Å². The van der Waals surface area contributed by atoms with E-state index in [0.717, 1.165) is 22.3 Å². The van der Waals surface area contributed by atoms with Crippen LogP contribution in [0.4, 0.5) is 5.69 Å². The van der Waals surface area contributed by atoms with Crippen molar-refractivity contribution in [2.24, 2.45) is 5.73 Å². The van der Waals surface area contributed by atoms with Crippen LogP contribution in [0.25, 0.3) is 10.9 Å². The molecule has 0 aliphatic carbocycles. The zero-order valence-electron chi connectivity index (χ0n) is 10.1. The van der Waals surface area contributed by atoms with Gasteiger partial charge in [-0.15, -0.1) is 0 Å². The van der Waals surface area contributed by atoms with Gasteiger partial charge in [0, 0.05) is 29.7 Å². The normalized spacial score (nSPS) is 11.1. The van der Waals surface area contributed by atoms with E-state index in [1.807, 2.05) is 12.1 Å². The molecule has 0 unspecified atom stereocenters. The number of aromatic hydroxyl groups is 1. The maximum atomic E-state index is 9.47. The van der Waals surface area contributed by atoms with Gasteiger partial charge in [0.1, 0.15) is 5.75 Å². The minimum absolute atomic E-state index is 0.217. The van der Waals surface area contributed by atoms with Crippen molar-refractivity contribution in [2.45, 2.75) is 26.4 Å². The number of aromatic nitrogens is 1. The number of nitrogens with one attached hydrogen (secondary N) is 1. The van der Waals surface area contributed by atoms with Crippen LogP contribution in [-0.2, 0) is 6.54 Å². The van der Waals surface area contributed by atoms with Gasteiger partial charge in [0.2, 0.25) is 0 Å². The van der Waals surface area contributed by atoms with E-state index in [1.165, 1.54) is 0 Å². The summed E-state index contributed by atoms with van der Waals surface area (Å²) in [7, 11) is 0. The van der Waals surface area contributed by atoms with Crippen molar-refractivity contribution in [1.82, 2.24) is 4.98 Å². The topological polar surface area (TPSA) is 71.2 Å². The molecule has 2 rings (SSSR count). The van der Waals surface area contributed by atoms with E-state index in [1.54, 1.807) is 12.1 Å². The molecule has 0 atom stereocenters. The zero-order chi connectivity index (χ0) is 12.4. The molecule has 0 spiro atoms. The van der Waals surface area contributed by atoms with Gasteiger partial charge in [0.15, 0.2) is 0 Å². The van der Waals surface area contributed by atoms with Gasteiger partial charge in [-0.3, -0.25) is 4.98 Å². The summed E-state index contributed by atoms with van der Waals surface area (Å²) in [6.07, 6.45) is 0. The number of phenols is 1. The third-order valence-electron chi connectivity index (χ3n) is 2.50. The van der Waals surface area contributed by atoms with Crippen LogP contribution in [0.2, 0.25) is 0 Å². The maximum absolute atomic E-state index is 9.47. The standard InChI is InChI=1S/C13H17N3O/c1-8(2)15-12-5-9(7-14)16-13-6-10(17)3-4-11(12)13/h3-6,8,17H,7,14H2,1-2H3,(H,15,16). The van der Waals surface area contributed by atoms with Crippen LogP contribution in [0.3, 0.4) is 0 Å². The molecule has 1 aromatic heterocycles. The molecule has 0 saturated carbocycles. The quantitative estimate of drug-likeness (QED) is 0.757. The summed E-state index contributed by atoms with van der Waals surface area (Å²) in [6, 6.07) is 7.47. The van der Waals surface area contributed by atoms with Crippen LogP contribution < -0.4 is 11.1 Å². The van der Waals surface area contributed by atoms with Crippen LogP contribution in [-0.4, -0.2) is 16.1 Å². The molecule has 4 nitrogen and oxygen atoms in total. The number of nitrogens with zero attached hydrogens (tertiary/aromatic N) is 1. The van der Waals surface area contributed by atoms with Gasteiger partial charge >= 0.3 is 0 Å². The highest BCUT2D eigenvalue weighted by Gasteiger charge is 2.06. The Kier molecular flexibility index (Phi) is 3.15. The Bertz CT molecular complexity index is 537. The molecule has 2 aromatic rings. The highest BCUT2D eigenvalue weighted by molar-refractivity contribution is 5.92. The van der Waals surface area contributed by atoms with Gasteiger partial charge in [-0.2, -0.15) is 0 Å². The first-order chi connectivity index (χ1) is 8.10. The molecular weight excluding hydrogens is 214 g/mol. The maximum Gasteiger partial charge on any atom is 0.117 e. The second kappa shape index (κ2) is 4.59. The van der Waals surface area contributed by atoms with Crippen molar-refractivity contribution in [3.8, 4) is 5.75 Å². The Morgan fingerprint density at radius 2 is 2.12 bits per heavy atom. The Morgan fingerprint density at radius 1 is 1.35 bits per heavy atom.